The highest BCUT2D eigenvalue weighted by Crippen LogP contribution is 2.24. The third-order valence-electron chi connectivity index (χ3n) is 3.40. The van der Waals surface area contributed by atoms with Crippen LogP contribution in [0.25, 0.3) is 11.1 Å². The molecule has 1 unspecified atom stereocenters. The van der Waals surface area contributed by atoms with E-state index in [4.69, 9.17) is 4.74 Å². The zero-order chi connectivity index (χ0) is 14.4. The van der Waals surface area contributed by atoms with E-state index in [-0.39, 0.29) is 0 Å². The van der Waals surface area contributed by atoms with Gasteiger partial charge in [0.1, 0.15) is 5.75 Å². The highest BCUT2D eigenvalue weighted by Gasteiger charge is 2.06. The summed E-state index contributed by atoms with van der Waals surface area (Å²) in [6, 6.07) is 15.8. The quantitative estimate of drug-likeness (QED) is 0.778. The van der Waals surface area contributed by atoms with Crippen LogP contribution in [0.3, 0.4) is 0 Å². The third kappa shape index (κ3) is 3.84. The van der Waals surface area contributed by atoms with Gasteiger partial charge in [-0.3, -0.25) is 0 Å². The Balaban J connectivity index is 2.04. The van der Waals surface area contributed by atoms with Crippen molar-refractivity contribution in [2.24, 2.45) is 0 Å². The molecule has 0 aliphatic heterocycles. The lowest BCUT2D eigenvalue weighted by molar-refractivity contribution is 0.124. The van der Waals surface area contributed by atoms with Gasteiger partial charge in [0.15, 0.2) is 0 Å². The molecule has 2 heteroatoms. The number of rotatable bonds is 6. The van der Waals surface area contributed by atoms with Crippen LogP contribution in [0, 0.1) is 0 Å². The van der Waals surface area contributed by atoms with E-state index in [1.54, 1.807) is 12.1 Å². The van der Waals surface area contributed by atoms with Crippen LogP contribution < -0.4 is 0 Å². The first-order chi connectivity index (χ1) is 9.70. The number of hydrogen-bond acceptors (Lipinski definition) is 2. The molecule has 1 N–H and O–H groups in total. The molecule has 2 nitrogen and oxygen atoms in total. The molecule has 0 aliphatic carbocycles. The number of hydrogen-bond donors (Lipinski definition) is 1. The van der Waals surface area contributed by atoms with E-state index in [0.29, 0.717) is 11.7 Å². The summed E-state index contributed by atoms with van der Waals surface area (Å²) < 4.78 is 5.60. The maximum Gasteiger partial charge on any atom is 0.115 e. The van der Waals surface area contributed by atoms with Gasteiger partial charge in [0.25, 0.3) is 0 Å². The van der Waals surface area contributed by atoms with Crippen molar-refractivity contribution in [3.63, 3.8) is 0 Å². The zero-order valence-electron chi connectivity index (χ0n) is 12.2. The Morgan fingerprint density at radius 2 is 1.50 bits per heavy atom. The lowest BCUT2D eigenvalue weighted by atomic mass is 9.98. The Bertz CT molecular complexity index is 514. The molecule has 0 heterocycles. The summed E-state index contributed by atoms with van der Waals surface area (Å²) in [6.45, 7) is 5.91. The second-order valence-electron chi connectivity index (χ2n) is 5.14. The van der Waals surface area contributed by atoms with Crippen LogP contribution in [0.1, 0.15) is 31.7 Å². The smallest absolute Gasteiger partial charge is 0.115 e. The number of benzene rings is 2. The molecule has 1 atom stereocenters. The summed E-state index contributed by atoms with van der Waals surface area (Å²) in [5.74, 6) is 0.711. The highest BCUT2D eigenvalue weighted by molar-refractivity contribution is 5.64. The van der Waals surface area contributed by atoms with Crippen molar-refractivity contribution in [3.8, 4) is 16.9 Å². The molecule has 0 saturated heterocycles. The second kappa shape index (κ2) is 7.11. The number of phenols is 1. The summed E-state index contributed by atoms with van der Waals surface area (Å²) in [6.07, 6.45) is 1.06. The molecule has 0 bridgehead atoms. The van der Waals surface area contributed by atoms with Gasteiger partial charge in [0, 0.05) is 12.5 Å². The highest BCUT2D eigenvalue weighted by atomic mass is 16.5. The van der Waals surface area contributed by atoms with E-state index < -0.39 is 0 Å². The standard InChI is InChI=1S/C18H22O2/c1-3-12-20-13-14(2)15-4-6-16(7-5-15)17-8-10-18(19)11-9-17/h4-11,14,19H,3,12-13H2,1-2H3. The molecule has 20 heavy (non-hydrogen) atoms. The van der Waals surface area contributed by atoms with Crippen molar-refractivity contribution >= 4 is 0 Å². The molecule has 0 aliphatic rings. The van der Waals surface area contributed by atoms with Crippen molar-refractivity contribution < 1.29 is 9.84 Å². The molecular weight excluding hydrogens is 248 g/mol. The summed E-state index contributed by atoms with van der Waals surface area (Å²) in [7, 11) is 0. The molecule has 106 valence electrons. The first-order valence-corrected chi connectivity index (χ1v) is 7.18. The molecular formula is C18H22O2. The van der Waals surface area contributed by atoms with Crippen LogP contribution in [-0.2, 0) is 4.74 Å². The molecule has 0 spiro atoms. The Morgan fingerprint density at radius 3 is 2.05 bits per heavy atom. The minimum Gasteiger partial charge on any atom is -0.508 e. The summed E-state index contributed by atoms with van der Waals surface area (Å²) in [5.41, 5.74) is 3.57. The van der Waals surface area contributed by atoms with E-state index >= 15 is 0 Å². The van der Waals surface area contributed by atoms with Crippen LogP contribution >= 0.6 is 0 Å². The first kappa shape index (κ1) is 14.6. The monoisotopic (exact) mass is 270 g/mol. The average molecular weight is 270 g/mol. The molecule has 2 rings (SSSR count). The fourth-order valence-corrected chi connectivity index (χ4v) is 2.16. The van der Waals surface area contributed by atoms with Gasteiger partial charge in [-0.1, -0.05) is 50.2 Å². The van der Waals surface area contributed by atoms with Crippen molar-refractivity contribution in [3.05, 3.63) is 54.1 Å². The maximum absolute atomic E-state index is 9.31. The van der Waals surface area contributed by atoms with Crippen molar-refractivity contribution in [1.82, 2.24) is 0 Å². The summed E-state index contributed by atoms with van der Waals surface area (Å²) >= 11 is 0. The lowest BCUT2D eigenvalue weighted by Gasteiger charge is -2.13. The topological polar surface area (TPSA) is 29.5 Å². The van der Waals surface area contributed by atoms with E-state index in [1.165, 1.54) is 5.56 Å². The Kier molecular flexibility index (Phi) is 5.19. The van der Waals surface area contributed by atoms with Crippen molar-refractivity contribution in [1.29, 1.82) is 0 Å². The second-order valence-corrected chi connectivity index (χ2v) is 5.14. The number of phenolic OH excluding ortho intramolecular Hbond substituents is 1. The molecule has 0 amide bonds. The fourth-order valence-electron chi connectivity index (χ4n) is 2.16. The molecule has 0 fully saturated rings. The van der Waals surface area contributed by atoms with Crippen LogP contribution in [0.5, 0.6) is 5.75 Å². The van der Waals surface area contributed by atoms with Crippen molar-refractivity contribution in [2.45, 2.75) is 26.2 Å². The molecule has 2 aromatic carbocycles. The van der Waals surface area contributed by atoms with Crippen LogP contribution in [0.15, 0.2) is 48.5 Å². The van der Waals surface area contributed by atoms with Gasteiger partial charge >= 0.3 is 0 Å². The molecule has 0 radical (unpaired) electrons. The largest absolute Gasteiger partial charge is 0.508 e. The van der Waals surface area contributed by atoms with Gasteiger partial charge in [-0.2, -0.15) is 0 Å². The number of aromatic hydroxyl groups is 1. The SMILES string of the molecule is CCCOCC(C)c1ccc(-c2ccc(O)cc2)cc1. The Hall–Kier alpha value is -1.80. The van der Waals surface area contributed by atoms with Crippen molar-refractivity contribution in [2.75, 3.05) is 13.2 Å². The van der Waals surface area contributed by atoms with Gasteiger partial charge < -0.3 is 9.84 Å². The maximum atomic E-state index is 9.31. The van der Waals surface area contributed by atoms with Crippen LogP contribution in [-0.4, -0.2) is 18.3 Å². The Morgan fingerprint density at radius 1 is 0.950 bits per heavy atom. The number of ether oxygens (including phenoxy) is 1. The van der Waals surface area contributed by atoms with Crippen LogP contribution in [0.2, 0.25) is 0 Å². The molecule has 0 saturated carbocycles. The van der Waals surface area contributed by atoms with Gasteiger partial charge in [0.05, 0.1) is 6.61 Å². The van der Waals surface area contributed by atoms with E-state index in [9.17, 15) is 5.11 Å². The van der Waals surface area contributed by atoms with E-state index in [2.05, 4.69) is 38.1 Å². The van der Waals surface area contributed by atoms with Gasteiger partial charge in [0.2, 0.25) is 0 Å². The summed E-state index contributed by atoms with van der Waals surface area (Å²) in [5, 5.41) is 9.31. The Labute approximate surface area is 121 Å². The average Bonchev–Trinajstić information content (AvgIpc) is 2.48. The minimum atomic E-state index is 0.298. The lowest BCUT2D eigenvalue weighted by Crippen LogP contribution is -2.04. The fraction of sp³-hybridized carbons (Fsp3) is 0.333. The summed E-state index contributed by atoms with van der Waals surface area (Å²) in [4.78, 5) is 0. The van der Waals surface area contributed by atoms with Gasteiger partial charge in [-0.15, -0.1) is 0 Å². The third-order valence-corrected chi connectivity index (χ3v) is 3.40. The van der Waals surface area contributed by atoms with Gasteiger partial charge in [-0.25, -0.2) is 0 Å². The minimum absolute atomic E-state index is 0.298. The predicted molar refractivity (Wildman–Crippen MR) is 83.1 cm³/mol. The normalized spacial score (nSPS) is 12.3. The van der Waals surface area contributed by atoms with Gasteiger partial charge in [-0.05, 0) is 35.2 Å². The first-order valence-electron chi connectivity index (χ1n) is 7.18. The predicted octanol–water partition coefficient (Wildman–Crippen LogP) is 4.59. The van der Waals surface area contributed by atoms with E-state index in [0.717, 1.165) is 30.8 Å². The van der Waals surface area contributed by atoms with E-state index in [1.807, 2.05) is 12.1 Å². The zero-order valence-corrected chi connectivity index (χ0v) is 12.2. The molecule has 2 aromatic rings. The van der Waals surface area contributed by atoms with Crippen LogP contribution in [0.4, 0.5) is 0 Å². The molecule has 0 aromatic heterocycles.